The van der Waals surface area contributed by atoms with E-state index in [2.05, 4.69) is 26.3 Å². The highest BCUT2D eigenvalue weighted by Gasteiger charge is 2.46. The third-order valence-corrected chi connectivity index (χ3v) is 8.58. The Morgan fingerprint density at radius 2 is 1.79 bits per heavy atom. The zero-order chi connectivity index (χ0) is 34.5. The summed E-state index contributed by atoms with van der Waals surface area (Å²) in [6, 6.07) is 3.31. The highest BCUT2D eigenvalue weighted by molar-refractivity contribution is 8.00. The van der Waals surface area contributed by atoms with Gasteiger partial charge in [-0.15, -0.1) is 11.8 Å². The Labute approximate surface area is 274 Å². The number of thioether (sulfide) groups is 1. The van der Waals surface area contributed by atoms with Crippen LogP contribution in [-0.2, 0) is 40.0 Å². The molecule has 17 nitrogen and oxygen atoms in total. The lowest BCUT2D eigenvalue weighted by molar-refractivity contribution is -0.143. The van der Waals surface area contributed by atoms with Crippen molar-refractivity contribution in [1.29, 1.82) is 0 Å². The largest absolute Gasteiger partial charge is 0.481 e. The summed E-state index contributed by atoms with van der Waals surface area (Å²) in [5.41, 5.74) is 17.3. The lowest BCUT2D eigenvalue weighted by Crippen LogP contribution is -2.59. The number of nitrogens with zero attached hydrogens (tertiary/aromatic N) is 2. The van der Waals surface area contributed by atoms with E-state index in [1.54, 1.807) is 30.3 Å². The van der Waals surface area contributed by atoms with Crippen LogP contribution in [0.5, 0.6) is 0 Å². The number of amides is 5. The van der Waals surface area contributed by atoms with Crippen molar-refractivity contribution >= 4 is 59.5 Å². The van der Waals surface area contributed by atoms with Gasteiger partial charge in [-0.25, -0.2) is 4.99 Å². The molecule has 11 N–H and O–H groups in total. The minimum atomic E-state index is -1.56. The molecule has 1 aromatic rings. The van der Waals surface area contributed by atoms with E-state index in [0.717, 1.165) is 5.56 Å². The number of piperidine rings is 1. The number of nitrogens with one attached hydrogen (secondary N) is 4. The first kappa shape index (κ1) is 36.5. The zero-order valence-electron chi connectivity index (χ0n) is 25.4. The Morgan fingerprint density at radius 1 is 1.06 bits per heavy atom. The number of fused-ring (bicyclic) bond motifs is 1. The molecular weight excluding hydrogens is 634 g/mol. The van der Waals surface area contributed by atoms with Crippen LogP contribution in [0.3, 0.4) is 0 Å². The normalized spacial score (nSPS) is 20.7. The molecule has 0 saturated carbocycles. The minimum absolute atomic E-state index is 0.0265. The van der Waals surface area contributed by atoms with E-state index >= 15 is 0 Å². The molecule has 0 spiro atoms. The fraction of sp³-hybridized carbons (Fsp3) is 0.448. The van der Waals surface area contributed by atoms with Crippen molar-refractivity contribution in [1.82, 2.24) is 26.2 Å². The quantitative estimate of drug-likeness (QED) is 0.0371. The third kappa shape index (κ3) is 11.1. The van der Waals surface area contributed by atoms with E-state index in [1.165, 1.54) is 28.8 Å². The molecule has 1 aromatic carbocycles. The number of hydrogen-bond acceptors (Lipinski definition) is 10. The van der Waals surface area contributed by atoms with Gasteiger partial charge in [0.05, 0.1) is 37.0 Å². The van der Waals surface area contributed by atoms with E-state index in [9.17, 15) is 38.7 Å². The average Bonchev–Trinajstić information content (AvgIpc) is 3.47. The molecule has 2 aliphatic rings. The number of carbonyl (C=O) groups excluding carboxylic acids is 6. The number of aliphatic imine (C=N–C) groups is 1. The molecule has 5 amide bonds. The van der Waals surface area contributed by atoms with Gasteiger partial charge >= 0.3 is 5.97 Å². The van der Waals surface area contributed by atoms with Crippen molar-refractivity contribution in [3.63, 3.8) is 0 Å². The van der Waals surface area contributed by atoms with Crippen molar-refractivity contribution in [2.45, 2.75) is 61.3 Å². The molecule has 18 heteroatoms. The topological polar surface area (TPSA) is 281 Å². The summed E-state index contributed by atoms with van der Waals surface area (Å²) in [5, 5.41) is 18.7. The Morgan fingerprint density at radius 3 is 2.45 bits per heavy atom. The summed E-state index contributed by atoms with van der Waals surface area (Å²) < 4.78 is 0. The smallest absolute Gasteiger partial charge is 0.305 e. The predicted octanol–water partition coefficient (Wildman–Crippen LogP) is -3.31. The number of carbonyl (C=O) groups is 7. The average molecular weight is 674 g/mol. The molecule has 6 atom stereocenters. The van der Waals surface area contributed by atoms with Crippen molar-refractivity contribution < 1.29 is 38.7 Å². The van der Waals surface area contributed by atoms with E-state index in [1.807, 2.05) is 0 Å². The second-order valence-electron chi connectivity index (χ2n) is 10.8. The maximum Gasteiger partial charge on any atom is 0.305 e. The molecule has 0 radical (unpaired) electrons. The zero-order valence-corrected chi connectivity index (χ0v) is 26.2. The number of benzene rings is 1. The summed E-state index contributed by atoms with van der Waals surface area (Å²) >= 11 is 1.44. The van der Waals surface area contributed by atoms with Crippen LogP contribution in [0.25, 0.3) is 0 Å². The van der Waals surface area contributed by atoms with E-state index in [0.29, 0.717) is 24.9 Å². The molecule has 254 valence electrons. The van der Waals surface area contributed by atoms with Gasteiger partial charge in [0.15, 0.2) is 5.96 Å². The number of rotatable bonds is 16. The van der Waals surface area contributed by atoms with Crippen LogP contribution in [-0.4, -0.2) is 112 Å². The fourth-order valence-corrected chi connectivity index (χ4v) is 6.35. The van der Waals surface area contributed by atoms with Crippen LogP contribution < -0.4 is 38.5 Å². The Hall–Kier alpha value is -4.97. The molecule has 2 fully saturated rings. The standard InChI is InChI=1S/C29H39N9O8S/c30-18-8-9-23-38(28(18)46)21(15-47-23)27(45)37-19(7-4-10-33-29(31)32)25(43)34-13-22(40)36-20(12-24(41)42)26(44)35-17(14-39)11-16-5-2-1-3-6-16/h1-7,14,17-21,23H,8-13,15,30H2,(H,34,43)(H,35,44)(H,36,40)(H,37,45)(H,41,42)(H4,31,32,33)/b7-4-/t17-,18+,19-,20-,21-,23-/m0/s1. The second kappa shape index (κ2) is 17.7. The van der Waals surface area contributed by atoms with Crippen LogP contribution >= 0.6 is 11.8 Å². The Balaban J connectivity index is 1.63. The number of carboxylic acid groups (broad SMARTS) is 1. The fourth-order valence-electron chi connectivity index (χ4n) is 4.92. The lowest BCUT2D eigenvalue weighted by atomic mass is 10.0. The molecule has 0 unspecified atom stereocenters. The Bertz CT molecular complexity index is 1390. The third-order valence-electron chi connectivity index (χ3n) is 7.22. The molecule has 0 aliphatic carbocycles. The molecule has 47 heavy (non-hydrogen) atoms. The van der Waals surface area contributed by atoms with E-state index in [-0.39, 0.29) is 30.2 Å². The first-order valence-corrected chi connectivity index (χ1v) is 15.7. The monoisotopic (exact) mass is 673 g/mol. The highest BCUT2D eigenvalue weighted by atomic mass is 32.2. The Kier molecular flexibility index (Phi) is 13.7. The van der Waals surface area contributed by atoms with E-state index < -0.39 is 72.8 Å². The lowest BCUT2D eigenvalue weighted by Gasteiger charge is -2.35. The van der Waals surface area contributed by atoms with Gasteiger partial charge in [0, 0.05) is 5.75 Å². The summed E-state index contributed by atoms with van der Waals surface area (Å²) in [6.45, 7) is -0.723. The molecular formula is C29H39N9O8S. The number of carboxylic acids is 1. The summed E-state index contributed by atoms with van der Waals surface area (Å²) in [5.74, 6) is -4.92. The van der Waals surface area contributed by atoms with Gasteiger partial charge in [-0.2, -0.15) is 0 Å². The van der Waals surface area contributed by atoms with Gasteiger partial charge in [-0.05, 0) is 24.8 Å². The van der Waals surface area contributed by atoms with Gasteiger partial charge < -0.3 is 53.3 Å². The van der Waals surface area contributed by atoms with Crippen LogP contribution in [0.2, 0.25) is 0 Å². The summed E-state index contributed by atoms with van der Waals surface area (Å²) in [7, 11) is 0. The molecule has 2 saturated heterocycles. The van der Waals surface area contributed by atoms with Crippen LogP contribution in [0.4, 0.5) is 0 Å². The van der Waals surface area contributed by atoms with Gasteiger partial charge in [-0.1, -0.05) is 42.5 Å². The predicted molar refractivity (Wildman–Crippen MR) is 171 cm³/mol. The SMILES string of the molecule is NC(N)=NC/C=C\[C@H](NC(=O)[C@@H]1CS[C@H]2CC[C@@H](N)C(=O)N21)C(=O)NCC(=O)N[C@@H](CC(=O)O)C(=O)N[C@H](C=O)Cc1ccccc1. The molecule has 2 heterocycles. The van der Waals surface area contributed by atoms with Gasteiger partial charge in [-0.3, -0.25) is 28.8 Å². The minimum Gasteiger partial charge on any atom is -0.481 e. The number of guanidine groups is 1. The van der Waals surface area contributed by atoms with Gasteiger partial charge in [0.25, 0.3) is 0 Å². The second-order valence-corrected chi connectivity index (χ2v) is 12.0. The van der Waals surface area contributed by atoms with Crippen molar-refractivity contribution in [3.8, 4) is 0 Å². The highest BCUT2D eigenvalue weighted by Crippen LogP contribution is 2.36. The van der Waals surface area contributed by atoms with Gasteiger partial charge in [0.1, 0.15) is 24.4 Å². The number of hydrogen-bond donors (Lipinski definition) is 8. The summed E-state index contributed by atoms with van der Waals surface area (Å²) in [6.07, 6.45) is 3.68. The number of aldehydes is 1. The first-order chi connectivity index (χ1) is 22.4. The van der Waals surface area contributed by atoms with Crippen molar-refractivity contribution in [2.24, 2.45) is 22.2 Å². The van der Waals surface area contributed by atoms with Crippen molar-refractivity contribution in [3.05, 3.63) is 48.0 Å². The molecule has 2 aliphatic heterocycles. The van der Waals surface area contributed by atoms with E-state index in [4.69, 9.17) is 17.2 Å². The maximum atomic E-state index is 13.3. The van der Waals surface area contributed by atoms with Crippen LogP contribution in [0.1, 0.15) is 24.8 Å². The number of aliphatic carboxylic acids is 1. The number of nitrogens with two attached hydrogens (primary N) is 3. The molecule has 0 bridgehead atoms. The van der Waals surface area contributed by atoms with Crippen molar-refractivity contribution in [2.75, 3.05) is 18.8 Å². The summed E-state index contributed by atoms with van der Waals surface area (Å²) in [4.78, 5) is 92.9. The van der Waals surface area contributed by atoms with Crippen LogP contribution in [0, 0.1) is 0 Å². The van der Waals surface area contributed by atoms with Gasteiger partial charge in [0.2, 0.25) is 29.5 Å². The maximum absolute atomic E-state index is 13.3. The van der Waals surface area contributed by atoms with Crippen LogP contribution in [0.15, 0.2) is 47.5 Å². The molecule has 3 rings (SSSR count). The first-order valence-electron chi connectivity index (χ1n) is 14.7. The molecule has 0 aromatic heterocycles.